The van der Waals surface area contributed by atoms with Gasteiger partial charge < -0.3 is 20.1 Å². The van der Waals surface area contributed by atoms with Gasteiger partial charge in [0.1, 0.15) is 5.82 Å². The van der Waals surface area contributed by atoms with Gasteiger partial charge in [0.05, 0.1) is 5.56 Å². The van der Waals surface area contributed by atoms with Gasteiger partial charge in [0.2, 0.25) is 8.32 Å². The molecule has 0 aliphatic carbocycles. The highest BCUT2D eigenvalue weighted by atomic mass is 32.1. The highest BCUT2D eigenvalue weighted by Gasteiger charge is 2.41. The molecule has 0 saturated carbocycles. The molecular weight excluding hydrogens is 601 g/mol. The van der Waals surface area contributed by atoms with E-state index in [-0.39, 0.29) is 28.7 Å². The van der Waals surface area contributed by atoms with E-state index in [1.807, 2.05) is 39.4 Å². The number of urea groups is 1. The first kappa shape index (κ1) is 33.2. The molecule has 5 rings (SSSR count). The zero-order chi connectivity index (χ0) is 32.4. The molecule has 2 aliphatic heterocycles. The summed E-state index contributed by atoms with van der Waals surface area (Å²) in [6, 6.07) is 10.1. The maximum absolute atomic E-state index is 13.3. The van der Waals surface area contributed by atoms with E-state index in [1.165, 1.54) is 0 Å². The van der Waals surface area contributed by atoms with Crippen LogP contribution in [0, 0.1) is 5.41 Å². The number of piperidine rings is 1. The lowest BCUT2D eigenvalue weighted by atomic mass is 9.77. The van der Waals surface area contributed by atoms with E-state index in [2.05, 4.69) is 61.9 Å². The van der Waals surface area contributed by atoms with E-state index in [0.717, 1.165) is 60.8 Å². The third-order valence-electron chi connectivity index (χ3n) is 9.83. The molecule has 3 aromatic rings. The number of nitrogens with two attached hydrogens (primary N) is 1. The molecule has 45 heavy (non-hydrogen) atoms. The van der Waals surface area contributed by atoms with E-state index in [1.54, 1.807) is 23.7 Å². The summed E-state index contributed by atoms with van der Waals surface area (Å²) in [4.78, 5) is 40.7. The zero-order valence-electron chi connectivity index (χ0n) is 27.6. The van der Waals surface area contributed by atoms with Crippen molar-refractivity contribution in [2.45, 2.75) is 71.5 Å². The number of thiophene rings is 1. The second kappa shape index (κ2) is 13.3. The molecule has 2 fully saturated rings. The second-order valence-corrected chi connectivity index (χ2v) is 20.1. The Morgan fingerprint density at radius 2 is 1.64 bits per heavy atom. The number of nitrogens with zero attached hydrogens (tertiary/aromatic N) is 5. The van der Waals surface area contributed by atoms with Crippen LogP contribution in [0.15, 0.2) is 48.1 Å². The maximum Gasteiger partial charge on any atom is 0.320 e. The SMILES string of the molecule is CC1(Cc2ncc(C(=O)Cc3cc(-c4cccs4)ccc3N)cn2)CCN(C(=O)N2CCN(O[Si](C)(C)C(C)(C)C)CC2)CC1. The van der Waals surface area contributed by atoms with Crippen LogP contribution in [0.2, 0.25) is 18.1 Å². The summed E-state index contributed by atoms with van der Waals surface area (Å²) in [5, 5.41) is 4.26. The van der Waals surface area contributed by atoms with Crippen molar-refractivity contribution in [2.24, 2.45) is 5.41 Å². The average molecular weight is 649 g/mol. The topological polar surface area (TPSA) is 105 Å². The first-order valence-electron chi connectivity index (χ1n) is 16.0. The molecule has 2 amide bonds. The second-order valence-electron chi connectivity index (χ2n) is 14.4. The molecule has 0 radical (unpaired) electrons. The van der Waals surface area contributed by atoms with E-state index < -0.39 is 8.32 Å². The zero-order valence-corrected chi connectivity index (χ0v) is 29.5. The Morgan fingerprint density at radius 3 is 2.24 bits per heavy atom. The Bertz CT molecular complexity index is 1470. The smallest absolute Gasteiger partial charge is 0.320 e. The molecule has 0 atom stereocenters. The summed E-state index contributed by atoms with van der Waals surface area (Å²) in [5.41, 5.74) is 9.17. The van der Waals surface area contributed by atoms with E-state index in [9.17, 15) is 9.59 Å². The van der Waals surface area contributed by atoms with E-state index in [4.69, 9.17) is 10.3 Å². The van der Waals surface area contributed by atoms with Crippen molar-refractivity contribution < 1.29 is 14.1 Å². The fourth-order valence-corrected chi connectivity index (χ4v) is 7.47. The first-order chi connectivity index (χ1) is 21.2. The van der Waals surface area contributed by atoms with E-state index in [0.29, 0.717) is 30.8 Å². The van der Waals surface area contributed by atoms with Gasteiger partial charge in [-0.25, -0.2) is 14.8 Å². The lowest BCUT2D eigenvalue weighted by Crippen LogP contribution is -2.57. The van der Waals surface area contributed by atoms with Gasteiger partial charge in [-0.1, -0.05) is 39.8 Å². The summed E-state index contributed by atoms with van der Waals surface area (Å²) in [5.74, 6) is 0.674. The van der Waals surface area contributed by atoms with Crippen molar-refractivity contribution in [3.63, 3.8) is 0 Å². The van der Waals surface area contributed by atoms with Crippen molar-refractivity contribution >= 4 is 37.2 Å². The molecule has 9 nitrogen and oxygen atoms in total. The molecule has 242 valence electrons. The van der Waals surface area contributed by atoms with Crippen LogP contribution in [0.5, 0.6) is 0 Å². The number of ketones is 1. The highest BCUT2D eigenvalue weighted by Crippen LogP contribution is 2.38. The summed E-state index contributed by atoms with van der Waals surface area (Å²) < 4.78 is 6.45. The third kappa shape index (κ3) is 8.00. The minimum Gasteiger partial charge on any atom is -0.398 e. The monoisotopic (exact) mass is 648 g/mol. The number of Topliss-reactive ketones (excluding diaryl/α,β-unsaturated/α-hetero) is 1. The van der Waals surface area contributed by atoms with Gasteiger partial charge in [0.15, 0.2) is 5.78 Å². The molecule has 0 unspecified atom stereocenters. The van der Waals surface area contributed by atoms with Gasteiger partial charge in [0, 0.05) is 75.1 Å². The summed E-state index contributed by atoms with van der Waals surface area (Å²) in [6.45, 7) is 17.8. The Morgan fingerprint density at radius 1 is 1.00 bits per heavy atom. The maximum atomic E-state index is 13.3. The highest BCUT2D eigenvalue weighted by molar-refractivity contribution is 7.13. The van der Waals surface area contributed by atoms with Crippen LogP contribution in [0.1, 0.15) is 62.3 Å². The van der Waals surface area contributed by atoms with Crippen LogP contribution in [-0.4, -0.2) is 84.2 Å². The third-order valence-corrected chi connectivity index (χ3v) is 15.1. The predicted octanol–water partition coefficient (Wildman–Crippen LogP) is 6.53. The van der Waals surface area contributed by atoms with Crippen LogP contribution in [0.4, 0.5) is 10.5 Å². The van der Waals surface area contributed by atoms with Gasteiger partial charge in [-0.15, -0.1) is 11.3 Å². The number of anilines is 1. The summed E-state index contributed by atoms with van der Waals surface area (Å²) in [6.07, 6.45) is 5.96. The number of hydrogen-bond donors (Lipinski definition) is 1. The van der Waals surface area contributed by atoms with Crippen molar-refractivity contribution in [3.05, 3.63) is 65.1 Å². The lowest BCUT2D eigenvalue weighted by molar-refractivity contribution is -0.0966. The molecule has 0 bridgehead atoms. The molecule has 2 aromatic heterocycles. The number of aromatic nitrogens is 2. The Hall–Kier alpha value is -3.12. The van der Waals surface area contributed by atoms with Crippen molar-refractivity contribution in [1.82, 2.24) is 24.8 Å². The van der Waals surface area contributed by atoms with Crippen molar-refractivity contribution in [1.29, 1.82) is 0 Å². The number of likely N-dealkylation sites (tertiary alicyclic amines) is 1. The molecule has 2 saturated heterocycles. The quantitative estimate of drug-likeness (QED) is 0.168. The van der Waals surface area contributed by atoms with Gasteiger partial charge >= 0.3 is 6.03 Å². The number of amides is 2. The standard InChI is InChI=1S/C34H48N6O3SSi/c1-33(2,3)45(5,6)43-40-17-15-39(16-18-40)32(42)38-13-11-34(4,12-14-38)22-31-36-23-27(24-37-31)29(41)21-26-20-25(9-10-28(26)35)30-8-7-19-44-30/h7-10,19-20,23-24H,11-18,21-22,35H2,1-6H3. The largest absolute Gasteiger partial charge is 0.398 e. The number of carbonyl (C=O) groups is 2. The number of carbonyl (C=O) groups excluding carboxylic acids is 2. The number of nitrogen functional groups attached to an aromatic ring is 1. The number of benzene rings is 1. The van der Waals surface area contributed by atoms with Crippen LogP contribution < -0.4 is 5.73 Å². The summed E-state index contributed by atoms with van der Waals surface area (Å²) >= 11 is 1.66. The van der Waals surface area contributed by atoms with Crippen LogP contribution in [0.3, 0.4) is 0 Å². The fourth-order valence-electron chi connectivity index (χ4n) is 5.65. The Labute approximate surface area is 272 Å². The fraction of sp³-hybridized carbons (Fsp3) is 0.529. The molecule has 11 heteroatoms. The molecule has 0 spiro atoms. The average Bonchev–Trinajstić information content (AvgIpc) is 3.53. The van der Waals surface area contributed by atoms with Crippen molar-refractivity contribution in [2.75, 3.05) is 45.0 Å². The number of rotatable bonds is 8. The number of hydrogen-bond acceptors (Lipinski definition) is 8. The first-order valence-corrected chi connectivity index (χ1v) is 19.8. The molecule has 2 N–H and O–H groups in total. The van der Waals surface area contributed by atoms with Crippen LogP contribution in [0.25, 0.3) is 10.4 Å². The van der Waals surface area contributed by atoms with Gasteiger partial charge in [0.25, 0.3) is 0 Å². The normalized spacial score (nSPS) is 17.8. The van der Waals surface area contributed by atoms with Crippen LogP contribution >= 0.6 is 11.3 Å². The van der Waals surface area contributed by atoms with Gasteiger partial charge in [-0.2, -0.15) is 5.06 Å². The molecule has 4 heterocycles. The minimum atomic E-state index is -1.88. The van der Waals surface area contributed by atoms with Crippen molar-refractivity contribution in [3.8, 4) is 10.4 Å². The minimum absolute atomic E-state index is 0.00527. The Kier molecular flexibility index (Phi) is 9.84. The van der Waals surface area contributed by atoms with E-state index >= 15 is 0 Å². The van der Waals surface area contributed by atoms with Crippen LogP contribution in [-0.2, 0) is 17.4 Å². The molecular formula is C34H48N6O3SSi. The molecule has 1 aromatic carbocycles. The lowest BCUT2D eigenvalue weighted by Gasteiger charge is -2.45. The molecule has 2 aliphatic rings. The summed E-state index contributed by atoms with van der Waals surface area (Å²) in [7, 11) is -1.88. The van der Waals surface area contributed by atoms with Gasteiger partial charge in [-0.05, 0) is 71.1 Å². The predicted molar refractivity (Wildman–Crippen MR) is 184 cm³/mol. The van der Waals surface area contributed by atoms with Gasteiger partial charge in [-0.3, -0.25) is 4.79 Å². The number of hydroxylamine groups is 2. The number of piperazine rings is 1. The Balaban J connectivity index is 1.10.